The predicted octanol–water partition coefficient (Wildman–Crippen LogP) is 2.12. The van der Waals surface area contributed by atoms with E-state index >= 15 is 0 Å². The molecule has 9 nitrogen and oxygen atoms in total. The number of ether oxygens (including phenoxy) is 1. The predicted molar refractivity (Wildman–Crippen MR) is 135 cm³/mol. The first-order chi connectivity index (χ1) is 14.9. The van der Waals surface area contributed by atoms with Crippen LogP contribution in [-0.2, 0) is 28.7 Å². The Labute approximate surface area is 206 Å². The van der Waals surface area contributed by atoms with Crippen molar-refractivity contribution in [1.29, 1.82) is 0 Å². The molecular formula is C22H33IN6O3. The van der Waals surface area contributed by atoms with Crippen molar-refractivity contribution in [3.63, 3.8) is 0 Å². The van der Waals surface area contributed by atoms with Crippen molar-refractivity contribution >= 4 is 41.5 Å². The summed E-state index contributed by atoms with van der Waals surface area (Å²) in [5.41, 5.74) is 1.33. The van der Waals surface area contributed by atoms with Crippen LogP contribution in [0.4, 0.5) is 5.69 Å². The standard InChI is InChI=1S/C22H32N6O3.HI/c1-4-23-21(25-15-22(2,30)17-13-26-28(3)14-17)24-12-16-7-5-8-18(11-16)27-20(29)19-9-6-10-31-19;/h5,7-8,11,13-14,19,30H,4,6,9-10,12,15H2,1-3H3,(H,27,29)(H2,23,24,25);1H. The van der Waals surface area contributed by atoms with Crippen molar-refractivity contribution in [3.05, 3.63) is 47.8 Å². The molecule has 0 radical (unpaired) electrons. The summed E-state index contributed by atoms with van der Waals surface area (Å²) >= 11 is 0. The van der Waals surface area contributed by atoms with Crippen LogP contribution in [0.25, 0.3) is 0 Å². The average molecular weight is 556 g/mol. The van der Waals surface area contributed by atoms with Crippen LogP contribution in [0.2, 0.25) is 0 Å². The lowest BCUT2D eigenvalue weighted by atomic mass is 10.00. The van der Waals surface area contributed by atoms with Crippen LogP contribution in [-0.4, -0.2) is 52.6 Å². The van der Waals surface area contributed by atoms with Gasteiger partial charge in [0.2, 0.25) is 0 Å². The summed E-state index contributed by atoms with van der Waals surface area (Å²) in [6.07, 6.45) is 4.76. The first-order valence-corrected chi connectivity index (χ1v) is 10.6. The number of nitrogens with zero attached hydrogens (tertiary/aromatic N) is 3. The topological polar surface area (TPSA) is 113 Å². The highest BCUT2D eigenvalue weighted by Crippen LogP contribution is 2.19. The van der Waals surface area contributed by atoms with Crippen LogP contribution in [0.15, 0.2) is 41.7 Å². The third-order valence-corrected chi connectivity index (χ3v) is 5.11. The van der Waals surface area contributed by atoms with Crippen molar-refractivity contribution in [1.82, 2.24) is 20.4 Å². The van der Waals surface area contributed by atoms with E-state index in [1.54, 1.807) is 24.0 Å². The lowest BCUT2D eigenvalue weighted by Gasteiger charge is -2.23. The molecule has 1 aliphatic heterocycles. The van der Waals surface area contributed by atoms with Crippen LogP contribution in [0.1, 0.15) is 37.8 Å². The Morgan fingerprint density at radius 1 is 1.41 bits per heavy atom. The number of guanidine groups is 1. The molecule has 3 rings (SSSR count). The number of halogens is 1. The van der Waals surface area contributed by atoms with E-state index in [9.17, 15) is 9.90 Å². The number of hydrogen-bond donors (Lipinski definition) is 4. The van der Waals surface area contributed by atoms with Crippen LogP contribution in [0.5, 0.6) is 0 Å². The van der Waals surface area contributed by atoms with Gasteiger partial charge < -0.3 is 25.8 Å². The summed E-state index contributed by atoms with van der Waals surface area (Å²) in [4.78, 5) is 16.9. The summed E-state index contributed by atoms with van der Waals surface area (Å²) in [5.74, 6) is 0.492. The first kappa shape index (κ1) is 26.1. The van der Waals surface area contributed by atoms with Crippen molar-refractivity contribution in [3.8, 4) is 0 Å². The number of aryl methyl sites for hydroxylation is 1. The number of benzene rings is 1. The minimum Gasteiger partial charge on any atom is -0.383 e. The Kier molecular flexibility index (Phi) is 9.91. The normalized spacial score (nSPS) is 17.9. The molecule has 2 atom stereocenters. The number of carbonyl (C=O) groups excluding carboxylic acids is 1. The first-order valence-electron chi connectivity index (χ1n) is 10.6. The zero-order chi connectivity index (χ0) is 22.3. The Balaban J connectivity index is 0.00000363. The molecule has 176 valence electrons. The van der Waals surface area contributed by atoms with Gasteiger partial charge in [-0.15, -0.1) is 24.0 Å². The fraction of sp³-hybridized carbons (Fsp3) is 0.500. The molecule has 2 heterocycles. The van der Waals surface area contributed by atoms with E-state index in [2.05, 4.69) is 26.0 Å². The highest BCUT2D eigenvalue weighted by atomic mass is 127. The number of anilines is 1. The summed E-state index contributed by atoms with van der Waals surface area (Å²) in [5, 5.41) is 24.2. The van der Waals surface area contributed by atoms with Gasteiger partial charge in [-0.25, -0.2) is 4.99 Å². The van der Waals surface area contributed by atoms with Crippen LogP contribution in [0.3, 0.4) is 0 Å². The minimum atomic E-state index is -1.09. The number of nitrogens with one attached hydrogen (secondary N) is 3. The molecule has 1 aromatic heterocycles. The maximum Gasteiger partial charge on any atom is 0.253 e. The lowest BCUT2D eigenvalue weighted by Crippen LogP contribution is -2.44. The van der Waals surface area contributed by atoms with Gasteiger partial charge in [-0.1, -0.05) is 12.1 Å². The second-order valence-electron chi connectivity index (χ2n) is 7.92. The zero-order valence-corrected chi connectivity index (χ0v) is 21.1. The van der Waals surface area contributed by atoms with Crippen LogP contribution >= 0.6 is 24.0 Å². The number of rotatable bonds is 8. The van der Waals surface area contributed by atoms with Gasteiger partial charge in [-0.2, -0.15) is 5.10 Å². The molecule has 1 amide bonds. The van der Waals surface area contributed by atoms with Crippen molar-refractivity contribution < 1.29 is 14.6 Å². The number of carbonyl (C=O) groups is 1. The van der Waals surface area contributed by atoms with Crippen molar-refractivity contribution in [2.45, 2.75) is 44.9 Å². The van der Waals surface area contributed by atoms with E-state index < -0.39 is 5.60 Å². The quantitative estimate of drug-likeness (QED) is 0.225. The molecule has 4 N–H and O–H groups in total. The third kappa shape index (κ3) is 7.45. The van der Waals surface area contributed by atoms with Crippen LogP contribution < -0.4 is 16.0 Å². The van der Waals surface area contributed by atoms with E-state index in [4.69, 9.17) is 4.74 Å². The van der Waals surface area contributed by atoms with E-state index in [1.807, 2.05) is 38.2 Å². The molecule has 0 bridgehead atoms. The number of aliphatic hydroxyl groups is 1. The molecule has 1 aliphatic rings. The van der Waals surface area contributed by atoms with E-state index in [0.717, 1.165) is 29.7 Å². The highest BCUT2D eigenvalue weighted by Gasteiger charge is 2.25. The van der Waals surface area contributed by atoms with Gasteiger partial charge in [-0.05, 0) is 44.4 Å². The smallest absolute Gasteiger partial charge is 0.253 e. The number of hydrogen-bond acceptors (Lipinski definition) is 5. The Morgan fingerprint density at radius 3 is 2.88 bits per heavy atom. The minimum absolute atomic E-state index is 0. The number of aliphatic imine (C=N–C) groups is 1. The summed E-state index contributed by atoms with van der Waals surface area (Å²) in [6.45, 7) is 5.76. The molecule has 1 saturated heterocycles. The zero-order valence-electron chi connectivity index (χ0n) is 18.8. The number of amides is 1. The summed E-state index contributed by atoms with van der Waals surface area (Å²) < 4.78 is 7.09. The Hall–Kier alpha value is -2.18. The molecule has 0 aliphatic carbocycles. The lowest BCUT2D eigenvalue weighted by molar-refractivity contribution is -0.124. The molecule has 1 fully saturated rings. The van der Waals surface area contributed by atoms with E-state index in [0.29, 0.717) is 25.7 Å². The Morgan fingerprint density at radius 2 is 2.22 bits per heavy atom. The van der Waals surface area contributed by atoms with Gasteiger partial charge in [0, 0.05) is 37.6 Å². The monoisotopic (exact) mass is 556 g/mol. The molecular weight excluding hydrogens is 523 g/mol. The molecule has 2 aromatic rings. The largest absolute Gasteiger partial charge is 0.383 e. The Bertz CT molecular complexity index is 909. The fourth-order valence-corrected chi connectivity index (χ4v) is 3.32. The van der Waals surface area contributed by atoms with Gasteiger partial charge in [-0.3, -0.25) is 9.48 Å². The van der Waals surface area contributed by atoms with Gasteiger partial charge in [0.15, 0.2) is 5.96 Å². The van der Waals surface area contributed by atoms with Crippen molar-refractivity contribution in [2.24, 2.45) is 12.0 Å². The van der Waals surface area contributed by atoms with Gasteiger partial charge in [0.1, 0.15) is 11.7 Å². The number of aromatic nitrogens is 2. The maximum atomic E-state index is 12.3. The molecule has 10 heteroatoms. The van der Waals surface area contributed by atoms with E-state index in [1.165, 1.54) is 0 Å². The SMILES string of the molecule is CCNC(=NCc1cccc(NC(=O)C2CCCO2)c1)NCC(C)(O)c1cnn(C)c1.I. The molecule has 0 spiro atoms. The van der Waals surface area contributed by atoms with Gasteiger partial charge >= 0.3 is 0 Å². The van der Waals surface area contributed by atoms with Gasteiger partial charge in [0.05, 0.1) is 19.3 Å². The molecule has 1 aromatic carbocycles. The van der Waals surface area contributed by atoms with Gasteiger partial charge in [0.25, 0.3) is 5.91 Å². The molecule has 0 saturated carbocycles. The molecule has 32 heavy (non-hydrogen) atoms. The summed E-state index contributed by atoms with van der Waals surface area (Å²) in [7, 11) is 1.82. The second-order valence-corrected chi connectivity index (χ2v) is 7.92. The fourth-order valence-electron chi connectivity index (χ4n) is 3.32. The molecule has 2 unspecified atom stereocenters. The maximum absolute atomic E-state index is 12.3. The van der Waals surface area contributed by atoms with Crippen molar-refractivity contribution in [2.75, 3.05) is 25.0 Å². The third-order valence-electron chi connectivity index (χ3n) is 5.11. The highest BCUT2D eigenvalue weighted by molar-refractivity contribution is 14.0. The summed E-state index contributed by atoms with van der Waals surface area (Å²) in [6, 6.07) is 7.62. The van der Waals surface area contributed by atoms with E-state index in [-0.39, 0.29) is 42.5 Å². The average Bonchev–Trinajstić information content (AvgIpc) is 3.43. The van der Waals surface area contributed by atoms with Crippen LogP contribution in [0, 0.1) is 0 Å². The second kappa shape index (κ2) is 12.2.